The normalized spacial score (nSPS) is 5.30. The molecule has 5 N–H and O–H groups in total. The molecule has 33 heteroatoms. The van der Waals surface area contributed by atoms with Crippen LogP contribution in [0.2, 0.25) is 0 Å². The van der Waals surface area contributed by atoms with Crippen LogP contribution in [0.3, 0.4) is 0 Å². The second kappa shape index (κ2) is 104. The molecule has 0 unspecified atom stereocenters. The maximum Gasteiger partial charge on any atom is 1.00 e. The fraction of sp³-hybridized carbons (Fsp3) is 1.00. The maximum absolute atomic E-state index is 8.48. The van der Waals surface area contributed by atoms with Crippen LogP contribution in [0.4, 0.5) is 0 Å². The Labute approximate surface area is 441 Å². The Hall–Kier alpha value is 9.98. The fourth-order valence-electron chi connectivity index (χ4n) is 0.329. The summed E-state index contributed by atoms with van der Waals surface area (Å²) in [5.41, 5.74) is 10.3. The summed E-state index contributed by atoms with van der Waals surface area (Å²) in [4.78, 5) is 84.8. The van der Waals surface area contributed by atoms with Crippen LogP contribution in [-0.2, 0) is 22.8 Å². The number of hydrogen-bond donors (Lipinski definition) is 3. The molecule has 0 saturated carbocycles. The molecule has 164 valence electrons. The summed E-state index contributed by atoms with van der Waals surface area (Å²) in [5, 5.41) is 3.03. The Bertz CT molecular complexity index is 322. The van der Waals surface area contributed by atoms with Crippen molar-refractivity contribution in [2.75, 3.05) is 26.2 Å². The van der Waals surface area contributed by atoms with Gasteiger partial charge in [-0.1, -0.05) is 22.8 Å². The zero-order chi connectivity index (χ0) is 23.4. The third kappa shape index (κ3) is 455. The molecule has 0 aromatic rings. The summed E-state index contributed by atoms with van der Waals surface area (Å²) in [6.07, 6.45) is 0. The van der Waals surface area contributed by atoms with E-state index in [0.29, 0.717) is 13.1 Å². The third-order valence-electron chi connectivity index (χ3n) is 0.642. The first-order valence-electron chi connectivity index (χ1n) is 5.26. The van der Waals surface area contributed by atoms with E-state index < -0.39 is 41.3 Å². The van der Waals surface area contributed by atoms with E-state index in [1.807, 2.05) is 0 Å². The molecule has 0 aromatic heterocycles. The van der Waals surface area contributed by atoms with Crippen LogP contribution in [0.1, 0.15) is 0 Å². The average Bonchev–Trinajstić information content (AvgIpc) is 2.35. The first-order chi connectivity index (χ1) is 12.1. The Morgan fingerprint density at radius 3 is 0.514 bits per heavy atom. The third-order valence-corrected chi connectivity index (χ3v) is 0.642. The molecule has 0 saturated heterocycles. The van der Waals surface area contributed by atoms with Crippen LogP contribution in [0.25, 0.3) is 0 Å². The summed E-state index contributed by atoms with van der Waals surface area (Å²) in [6.45, 7) is 3.13. The Morgan fingerprint density at radius 2 is 0.459 bits per heavy atom. The molecule has 0 aromatic carbocycles. The summed E-state index contributed by atoms with van der Waals surface area (Å²) in [5.74, 6) is 0. The summed E-state index contributed by atoms with van der Waals surface area (Å²) < 4.78 is 42.4. The van der Waals surface area contributed by atoms with Gasteiger partial charge < -0.3 is 65.7 Å². The van der Waals surface area contributed by atoms with Gasteiger partial charge in [-0.2, -0.15) is 0 Å². The first kappa shape index (κ1) is 103. The minimum absolute atomic E-state index is 0. The van der Waals surface area contributed by atoms with Gasteiger partial charge in [-0.3, -0.25) is 0 Å². The van der Waals surface area contributed by atoms with E-state index in [1.165, 1.54) is 0 Å². The zero-order valence-corrected chi connectivity index (χ0v) is 47.3. The van der Waals surface area contributed by atoms with Crippen LogP contribution >= 0.6 is 41.3 Å². The van der Waals surface area contributed by atoms with E-state index in [-0.39, 0.29) is 296 Å². The van der Waals surface area contributed by atoms with E-state index in [2.05, 4.69) is 5.32 Å². The second-order valence-corrected chi connectivity index (χ2v) is 4.68. The molecular formula is C4H13N3Na10O15P5+5. The summed E-state index contributed by atoms with van der Waals surface area (Å²) >= 11 is 0. The van der Waals surface area contributed by atoms with E-state index in [4.69, 9.17) is 83.2 Å². The predicted molar refractivity (Wildman–Crippen MR) is 69.0 cm³/mol. The number of nitrogens with one attached hydrogen (secondary N) is 1. The van der Waals surface area contributed by atoms with Crippen molar-refractivity contribution in [3.8, 4) is 0 Å². The monoisotopic (exact) mass is 728 g/mol. The van der Waals surface area contributed by atoms with Gasteiger partial charge in [0, 0.05) is 26.2 Å². The number of nitrogens with two attached hydrogens (primary N) is 2. The average molecular weight is 728 g/mol. The van der Waals surface area contributed by atoms with Crippen LogP contribution in [0.5, 0.6) is 0 Å². The molecule has 18 nitrogen and oxygen atoms in total. The Balaban J connectivity index is -0.00000000982. The SMILES string of the molecule is NCCNCCN.O=[P+]([O-])[O-].O=[P+]([O-])[O-].O=[P+]([O-])[O-].O=[P+]([O-])[O-].O=[P+]([O-])[O-].[Na+].[Na+].[Na+].[Na+].[Na+].[Na+].[Na+].[Na+].[Na+].[Na+]. The molecule has 0 bridgehead atoms. The van der Waals surface area contributed by atoms with Crippen LogP contribution in [-0.4, -0.2) is 26.2 Å². The van der Waals surface area contributed by atoms with E-state index in [9.17, 15) is 0 Å². The van der Waals surface area contributed by atoms with Gasteiger partial charge in [0.2, 0.25) is 0 Å². The largest absolute Gasteiger partial charge is 1.00 e. The molecule has 0 aliphatic carbocycles. The van der Waals surface area contributed by atoms with Crippen molar-refractivity contribution in [3.05, 3.63) is 0 Å². The topological polar surface area (TPSA) is 380 Å². The first-order valence-corrected chi connectivity index (χ1v) is 10.7. The molecule has 0 aliphatic heterocycles. The zero-order valence-electron chi connectivity index (χ0n) is 22.8. The predicted octanol–water partition coefficient (Wildman–Crippen LogP) is -39.6. The Kier molecular flexibility index (Phi) is 289. The van der Waals surface area contributed by atoms with Crippen molar-refractivity contribution < 1.29 is 367 Å². The van der Waals surface area contributed by atoms with Crippen LogP contribution in [0.15, 0.2) is 0 Å². The molecule has 0 spiro atoms. The molecule has 0 amide bonds. The van der Waals surface area contributed by atoms with Crippen LogP contribution < -0.4 is 361 Å². The van der Waals surface area contributed by atoms with Gasteiger partial charge in [-0.05, 0) is 0 Å². The summed E-state index contributed by atoms with van der Waals surface area (Å²) in [6, 6.07) is 0. The maximum atomic E-state index is 8.48. The van der Waals surface area contributed by atoms with Crippen LogP contribution in [0, 0.1) is 0 Å². The number of rotatable bonds is 4. The van der Waals surface area contributed by atoms with Crippen molar-refractivity contribution in [1.29, 1.82) is 0 Å². The summed E-state index contributed by atoms with van der Waals surface area (Å²) in [7, 11) is -16.9. The minimum atomic E-state index is -3.37. The van der Waals surface area contributed by atoms with Crippen molar-refractivity contribution in [2.45, 2.75) is 0 Å². The molecule has 0 atom stereocenters. The molecular weight excluding hydrogens is 715 g/mol. The van der Waals surface area contributed by atoms with Crippen molar-refractivity contribution >= 4 is 41.3 Å². The quantitative estimate of drug-likeness (QED) is 0.137. The van der Waals surface area contributed by atoms with Crippen molar-refractivity contribution in [1.82, 2.24) is 5.32 Å². The second-order valence-electron chi connectivity index (χ2n) is 2.45. The van der Waals surface area contributed by atoms with Gasteiger partial charge in [0.1, 0.15) is 0 Å². The van der Waals surface area contributed by atoms with Gasteiger partial charge in [0.25, 0.3) is 41.3 Å². The fourth-order valence-corrected chi connectivity index (χ4v) is 0.329. The molecule has 0 aliphatic rings. The standard InChI is InChI=1S/C4H13N3.10Na.5HO3P/c5-1-3-7-4-2-6;;;;;;;;;;;5*1-4(2)3/h7H,1-6H2;;;;;;;;;;;5*(H,1,2,3)/q;10*+1;;;;;/p-5. The van der Waals surface area contributed by atoms with Gasteiger partial charge in [0.15, 0.2) is 0 Å². The van der Waals surface area contributed by atoms with Gasteiger partial charge >= 0.3 is 296 Å². The van der Waals surface area contributed by atoms with E-state index in [0.717, 1.165) is 13.1 Å². The smallest absolute Gasteiger partial charge is 0.598 e. The minimum Gasteiger partial charge on any atom is -0.598 e. The molecule has 0 rings (SSSR count). The molecule has 0 heterocycles. The van der Waals surface area contributed by atoms with Gasteiger partial charge in [-0.15, -0.1) is 0 Å². The van der Waals surface area contributed by atoms with E-state index >= 15 is 0 Å². The van der Waals surface area contributed by atoms with Gasteiger partial charge in [-0.25, -0.2) is 0 Å². The molecule has 0 fully saturated rings. The van der Waals surface area contributed by atoms with E-state index in [1.54, 1.807) is 0 Å². The number of hydrogen-bond acceptors (Lipinski definition) is 18. The molecule has 37 heavy (non-hydrogen) atoms. The Morgan fingerprint density at radius 1 is 0.378 bits per heavy atom. The van der Waals surface area contributed by atoms with Crippen molar-refractivity contribution in [2.24, 2.45) is 11.5 Å². The van der Waals surface area contributed by atoms with Crippen molar-refractivity contribution in [3.63, 3.8) is 0 Å². The van der Waals surface area contributed by atoms with Gasteiger partial charge in [0.05, 0.1) is 0 Å². The molecule has 0 radical (unpaired) electrons.